The molecule has 3 nitrogen and oxygen atoms in total. The fraction of sp³-hybridized carbons (Fsp3) is 0.533. The summed E-state index contributed by atoms with van der Waals surface area (Å²) in [6, 6.07) is 8.77. The summed E-state index contributed by atoms with van der Waals surface area (Å²) in [5, 5.41) is 8.02. The van der Waals surface area contributed by atoms with E-state index >= 15 is 0 Å². The molecule has 1 N–H and O–H groups in total. The monoisotopic (exact) mass is 243 g/mol. The second kappa shape index (κ2) is 5.01. The summed E-state index contributed by atoms with van der Waals surface area (Å²) in [5.41, 5.74) is 2.52. The van der Waals surface area contributed by atoms with Gasteiger partial charge in [0.1, 0.15) is 5.84 Å². The van der Waals surface area contributed by atoms with Gasteiger partial charge in [-0.25, -0.2) is 0 Å². The van der Waals surface area contributed by atoms with Gasteiger partial charge in [0.2, 0.25) is 0 Å². The Morgan fingerprint density at radius 1 is 0.778 bits per heavy atom. The molecule has 1 aromatic rings. The van der Waals surface area contributed by atoms with E-state index in [4.69, 9.17) is 5.41 Å². The SMILES string of the molecule is N=C1CCCCN1c1ccc(N2CCCC2)cc1. The van der Waals surface area contributed by atoms with Crippen LogP contribution in [0.15, 0.2) is 24.3 Å². The van der Waals surface area contributed by atoms with Crippen molar-refractivity contribution in [3.8, 4) is 0 Å². The van der Waals surface area contributed by atoms with Crippen LogP contribution in [0, 0.1) is 5.41 Å². The van der Waals surface area contributed by atoms with Crippen molar-refractivity contribution in [2.45, 2.75) is 32.1 Å². The number of piperidine rings is 1. The van der Waals surface area contributed by atoms with Crippen LogP contribution in [0.2, 0.25) is 0 Å². The van der Waals surface area contributed by atoms with Crippen LogP contribution in [0.3, 0.4) is 0 Å². The largest absolute Gasteiger partial charge is 0.372 e. The molecule has 0 atom stereocenters. The third kappa shape index (κ3) is 2.22. The molecule has 0 aliphatic carbocycles. The van der Waals surface area contributed by atoms with Crippen LogP contribution in [0.4, 0.5) is 11.4 Å². The normalized spacial score (nSPS) is 20.6. The Kier molecular flexibility index (Phi) is 3.22. The van der Waals surface area contributed by atoms with E-state index < -0.39 is 0 Å². The molecule has 1 aromatic carbocycles. The molecule has 96 valence electrons. The van der Waals surface area contributed by atoms with Gasteiger partial charge in [-0.1, -0.05) is 0 Å². The summed E-state index contributed by atoms with van der Waals surface area (Å²) in [6.45, 7) is 3.39. The highest BCUT2D eigenvalue weighted by molar-refractivity contribution is 5.96. The van der Waals surface area contributed by atoms with Crippen LogP contribution >= 0.6 is 0 Å². The minimum Gasteiger partial charge on any atom is -0.372 e. The van der Waals surface area contributed by atoms with Gasteiger partial charge in [0.25, 0.3) is 0 Å². The van der Waals surface area contributed by atoms with Gasteiger partial charge in [-0.3, -0.25) is 5.41 Å². The molecule has 18 heavy (non-hydrogen) atoms. The molecule has 3 rings (SSSR count). The lowest BCUT2D eigenvalue weighted by Crippen LogP contribution is -2.34. The molecule has 0 aromatic heterocycles. The van der Waals surface area contributed by atoms with Crippen molar-refractivity contribution >= 4 is 17.2 Å². The zero-order valence-corrected chi connectivity index (χ0v) is 10.9. The van der Waals surface area contributed by atoms with Crippen LogP contribution < -0.4 is 9.80 Å². The van der Waals surface area contributed by atoms with Crippen molar-refractivity contribution in [1.82, 2.24) is 0 Å². The fourth-order valence-electron chi connectivity index (χ4n) is 2.94. The zero-order chi connectivity index (χ0) is 12.4. The van der Waals surface area contributed by atoms with Crippen LogP contribution in [0.5, 0.6) is 0 Å². The number of rotatable bonds is 2. The molecule has 0 bridgehead atoms. The second-order valence-corrected chi connectivity index (χ2v) is 5.27. The first kappa shape index (κ1) is 11.6. The lowest BCUT2D eigenvalue weighted by atomic mass is 10.1. The van der Waals surface area contributed by atoms with Crippen molar-refractivity contribution in [2.75, 3.05) is 29.4 Å². The summed E-state index contributed by atoms with van der Waals surface area (Å²) >= 11 is 0. The highest BCUT2D eigenvalue weighted by Crippen LogP contribution is 2.26. The number of benzene rings is 1. The lowest BCUT2D eigenvalue weighted by Gasteiger charge is -2.29. The average Bonchev–Trinajstić information content (AvgIpc) is 2.94. The molecule has 0 unspecified atom stereocenters. The number of anilines is 2. The van der Waals surface area contributed by atoms with Gasteiger partial charge in [0, 0.05) is 37.4 Å². The highest BCUT2D eigenvalue weighted by Gasteiger charge is 2.17. The fourth-order valence-corrected chi connectivity index (χ4v) is 2.94. The average molecular weight is 243 g/mol. The van der Waals surface area contributed by atoms with E-state index in [0.717, 1.165) is 18.8 Å². The highest BCUT2D eigenvalue weighted by atomic mass is 15.2. The topological polar surface area (TPSA) is 30.3 Å². The van der Waals surface area contributed by atoms with Gasteiger partial charge >= 0.3 is 0 Å². The van der Waals surface area contributed by atoms with E-state index in [9.17, 15) is 0 Å². The van der Waals surface area contributed by atoms with Crippen molar-refractivity contribution in [3.05, 3.63) is 24.3 Å². The molecular weight excluding hydrogens is 222 g/mol. The Morgan fingerprint density at radius 2 is 1.39 bits per heavy atom. The Hall–Kier alpha value is -1.51. The molecule has 0 radical (unpaired) electrons. The van der Waals surface area contributed by atoms with Crippen molar-refractivity contribution in [1.29, 1.82) is 5.41 Å². The number of amidine groups is 1. The number of nitrogens with one attached hydrogen (secondary N) is 1. The predicted molar refractivity (Wildman–Crippen MR) is 76.8 cm³/mol. The van der Waals surface area contributed by atoms with Gasteiger partial charge in [0.05, 0.1) is 0 Å². The van der Waals surface area contributed by atoms with E-state index in [-0.39, 0.29) is 0 Å². The molecule has 0 saturated carbocycles. The molecule has 2 fully saturated rings. The number of hydrogen-bond donors (Lipinski definition) is 1. The van der Waals surface area contributed by atoms with Crippen LogP contribution in [0.1, 0.15) is 32.1 Å². The summed E-state index contributed by atoms with van der Waals surface area (Å²) in [5.74, 6) is 0.773. The summed E-state index contributed by atoms with van der Waals surface area (Å²) in [4.78, 5) is 4.60. The Balaban J connectivity index is 1.75. The maximum atomic E-state index is 8.02. The van der Waals surface area contributed by atoms with Gasteiger partial charge in [-0.15, -0.1) is 0 Å². The van der Waals surface area contributed by atoms with Crippen molar-refractivity contribution in [3.63, 3.8) is 0 Å². The van der Waals surface area contributed by atoms with Crippen LogP contribution in [0.25, 0.3) is 0 Å². The van der Waals surface area contributed by atoms with Crippen molar-refractivity contribution in [2.24, 2.45) is 0 Å². The first-order chi connectivity index (χ1) is 8.84. The lowest BCUT2D eigenvalue weighted by molar-refractivity contribution is 0.707. The second-order valence-electron chi connectivity index (χ2n) is 5.27. The van der Waals surface area contributed by atoms with E-state index in [1.807, 2.05) is 0 Å². The quantitative estimate of drug-likeness (QED) is 0.864. The third-order valence-electron chi connectivity index (χ3n) is 4.00. The van der Waals surface area contributed by atoms with Crippen LogP contribution in [-0.4, -0.2) is 25.5 Å². The summed E-state index contributed by atoms with van der Waals surface area (Å²) in [6.07, 6.45) is 5.93. The van der Waals surface area contributed by atoms with Gasteiger partial charge < -0.3 is 9.80 Å². The zero-order valence-electron chi connectivity index (χ0n) is 10.9. The van der Waals surface area contributed by atoms with Crippen LogP contribution in [-0.2, 0) is 0 Å². The Morgan fingerprint density at radius 3 is 2.06 bits per heavy atom. The van der Waals surface area contributed by atoms with E-state index in [1.165, 1.54) is 50.1 Å². The van der Waals surface area contributed by atoms with Gasteiger partial charge in [0.15, 0.2) is 0 Å². The molecule has 2 heterocycles. The molecule has 2 saturated heterocycles. The van der Waals surface area contributed by atoms with E-state index in [2.05, 4.69) is 34.1 Å². The summed E-state index contributed by atoms with van der Waals surface area (Å²) in [7, 11) is 0. The Bertz CT molecular complexity index is 418. The maximum Gasteiger partial charge on any atom is 0.100 e. The van der Waals surface area contributed by atoms with Crippen molar-refractivity contribution < 1.29 is 0 Å². The standard InChI is InChI=1S/C15H21N3/c16-15-5-1-2-12-18(15)14-8-6-13(7-9-14)17-10-3-4-11-17/h6-9,16H,1-5,10-12H2. The molecule has 3 heteroatoms. The van der Waals surface area contributed by atoms with Gasteiger partial charge in [-0.2, -0.15) is 0 Å². The molecule has 2 aliphatic rings. The molecule has 0 spiro atoms. The molecular formula is C15H21N3. The third-order valence-corrected chi connectivity index (χ3v) is 4.00. The first-order valence-corrected chi connectivity index (χ1v) is 7.04. The minimum absolute atomic E-state index is 0.773. The van der Waals surface area contributed by atoms with Gasteiger partial charge in [-0.05, 0) is 49.9 Å². The van der Waals surface area contributed by atoms with E-state index in [0.29, 0.717) is 0 Å². The molecule has 2 aliphatic heterocycles. The Labute approximate surface area is 109 Å². The predicted octanol–water partition coefficient (Wildman–Crippen LogP) is 3.25. The maximum absolute atomic E-state index is 8.02. The smallest absolute Gasteiger partial charge is 0.100 e. The van der Waals surface area contributed by atoms with E-state index in [1.54, 1.807) is 0 Å². The minimum atomic E-state index is 0.773. The first-order valence-electron chi connectivity index (χ1n) is 7.04. The number of nitrogens with zero attached hydrogens (tertiary/aromatic N) is 2. The molecule has 0 amide bonds. The summed E-state index contributed by atoms with van der Waals surface area (Å²) < 4.78 is 0. The number of hydrogen-bond acceptors (Lipinski definition) is 2.